The zero-order valence-corrected chi connectivity index (χ0v) is 17.8. The lowest BCUT2D eigenvalue weighted by atomic mass is 10.1. The van der Waals surface area contributed by atoms with Crippen LogP contribution in [0.3, 0.4) is 0 Å². The van der Waals surface area contributed by atoms with Crippen LogP contribution in [0.15, 0.2) is 83.3 Å². The standard InChI is InChI=1S/C24H19BrN4/c1-28(2)20-12-13-22-17(14-20)15-21-23(16-8-10-18(25)11-9-16)27-29(24(21)26-22)19-6-4-3-5-7-19/h3-15H,1-2H3. The molecule has 0 saturated heterocycles. The number of hydrogen-bond acceptors (Lipinski definition) is 3. The average Bonchev–Trinajstić information content (AvgIpc) is 3.11. The minimum absolute atomic E-state index is 0.860. The Kier molecular flexibility index (Phi) is 4.32. The molecule has 0 saturated carbocycles. The van der Waals surface area contributed by atoms with Crippen LogP contribution < -0.4 is 4.90 Å². The van der Waals surface area contributed by atoms with E-state index in [1.807, 2.05) is 49.1 Å². The van der Waals surface area contributed by atoms with Gasteiger partial charge in [-0.3, -0.25) is 0 Å². The molecule has 0 bridgehead atoms. The molecule has 5 heteroatoms. The van der Waals surface area contributed by atoms with Gasteiger partial charge in [-0.15, -0.1) is 0 Å². The molecule has 3 aromatic carbocycles. The van der Waals surface area contributed by atoms with Crippen molar-refractivity contribution in [2.24, 2.45) is 0 Å². The lowest BCUT2D eigenvalue weighted by Crippen LogP contribution is -2.08. The van der Waals surface area contributed by atoms with E-state index in [4.69, 9.17) is 10.1 Å². The van der Waals surface area contributed by atoms with Gasteiger partial charge in [0.1, 0.15) is 5.69 Å². The van der Waals surface area contributed by atoms with E-state index in [0.29, 0.717) is 0 Å². The van der Waals surface area contributed by atoms with Gasteiger partial charge in [-0.25, -0.2) is 9.67 Å². The molecule has 0 aliphatic carbocycles. The van der Waals surface area contributed by atoms with Crippen LogP contribution in [0.2, 0.25) is 0 Å². The average molecular weight is 443 g/mol. The number of para-hydroxylation sites is 1. The van der Waals surface area contributed by atoms with Crippen molar-refractivity contribution in [1.82, 2.24) is 14.8 Å². The monoisotopic (exact) mass is 442 g/mol. The number of fused-ring (bicyclic) bond motifs is 2. The van der Waals surface area contributed by atoms with Crippen LogP contribution >= 0.6 is 15.9 Å². The number of rotatable bonds is 3. The van der Waals surface area contributed by atoms with E-state index in [-0.39, 0.29) is 0 Å². The Morgan fingerprint density at radius 1 is 0.862 bits per heavy atom. The first kappa shape index (κ1) is 17.9. The van der Waals surface area contributed by atoms with E-state index in [9.17, 15) is 0 Å². The van der Waals surface area contributed by atoms with Crippen molar-refractivity contribution in [1.29, 1.82) is 0 Å². The van der Waals surface area contributed by atoms with E-state index < -0.39 is 0 Å². The third kappa shape index (κ3) is 3.17. The molecule has 5 rings (SSSR count). The van der Waals surface area contributed by atoms with Crippen LogP contribution in [0.5, 0.6) is 0 Å². The maximum absolute atomic E-state index is 4.99. The smallest absolute Gasteiger partial charge is 0.164 e. The van der Waals surface area contributed by atoms with Gasteiger partial charge in [0.15, 0.2) is 5.65 Å². The van der Waals surface area contributed by atoms with Crippen LogP contribution in [0.4, 0.5) is 5.69 Å². The predicted molar refractivity (Wildman–Crippen MR) is 124 cm³/mol. The number of anilines is 1. The first-order valence-corrected chi connectivity index (χ1v) is 10.2. The summed E-state index contributed by atoms with van der Waals surface area (Å²) in [5.41, 5.74) is 5.97. The van der Waals surface area contributed by atoms with Crippen molar-refractivity contribution < 1.29 is 0 Å². The number of pyridine rings is 1. The lowest BCUT2D eigenvalue weighted by molar-refractivity contribution is 0.903. The van der Waals surface area contributed by atoms with Crippen LogP contribution in [0, 0.1) is 0 Å². The SMILES string of the molecule is CN(C)c1ccc2nc3c(cc2c1)c(-c1ccc(Br)cc1)nn3-c1ccccc1. The summed E-state index contributed by atoms with van der Waals surface area (Å²) in [7, 11) is 4.10. The van der Waals surface area contributed by atoms with Gasteiger partial charge >= 0.3 is 0 Å². The Hall–Kier alpha value is -3.18. The van der Waals surface area contributed by atoms with Crippen LogP contribution in [0.25, 0.3) is 38.9 Å². The molecule has 5 aromatic rings. The molecule has 29 heavy (non-hydrogen) atoms. The molecule has 2 aromatic heterocycles. The van der Waals surface area contributed by atoms with Crippen molar-refractivity contribution in [2.45, 2.75) is 0 Å². The highest BCUT2D eigenvalue weighted by Crippen LogP contribution is 2.32. The fourth-order valence-electron chi connectivity index (χ4n) is 3.54. The lowest BCUT2D eigenvalue weighted by Gasteiger charge is -2.13. The molecule has 0 amide bonds. The topological polar surface area (TPSA) is 34.0 Å². The minimum Gasteiger partial charge on any atom is -0.378 e. The zero-order chi connectivity index (χ0) is 20.0. The van der Waals surface area contributed by atoms with Crippen molar-refractivity contribution in [3.05, 3.63) is 83.3 Å². The van der Waals surface area contributed by atoms with Gasteiger partial charge in [0, 0.05) is 40.6 Å². The van der Waals surface area contributed by atoms with Gasteiger partial charge in [-0.2, -0.15) is 5.10 Å². The second kappa shape index (κ2) is 7.01. The summed E-state index contributed by atoms with van der Waals surface area (Å²) in [6, 6.07) is 27.0. The molecule has 0 aliphatic rings. The number of hydrogen-bond donors (Lipinski definition) is 0. The molecule has 0 aliphatic heterocycles. The number of aromatic nitrogens is 3. The molecule has 0 radical (unpaired) electrons. The second-order valence-electron chi connectivity index (χ2n) is 7.23. The number of nitrogens with zero attached hydrogens (tertiary/aromatic N) is 4. The van der Waals surface area contributed by atoms with Crippen molar-refractivity contribution in [2.75, 3.05) is 19.0 Å². The molecule has 0 fully saturated rings. The highest BCUT2D eigenvalue weighted by Gasteiger charge is 2.16. The molecule has 0 unspecified atom stereocenters. The maximum Gasteiger partial charge on any atom is 0.164 e. The summed E-state index contributed by atoms with van der Waals surface area (Å²) in [6.45, 7) is 0. The van der Waals surface area contributed by atoms with Crippen molar-refractivity contribution in [3.63, 3.8) is 0 Å². The number of halogens is 1. The normalized spacial score (nSPS) is 11.3. The fourth-order valence-corrected chi connectivity index (χ4v) is 3.80. The first-order valence-electron chi connectivity index (χ1n) is 9.42. The van der Waals surface area contributed by atoms with Gasteiger partial charge in [-0.1, -0.05) is 46.3 Å². The predicted octanol–water partition coefficient (Wildman–Crippen LogP) is 6.07. The Morgan fingerprint density at radius 3 is 2.34 bits per heavy atom. The van der Waals surface area contributed by atoms with Crippen molar-refractivity contribution >= 4 is 43.6 Å². The van der Waals surface area contributed by atoms with Gasteiger partial charge < -0.3 is 4.90 Å². The molecule has 0 spiro atoms. The van der Waals surface area contributed by atoms with E-state index in [1.54, 1.807) is 0 Å². The van der Waals surface area contributed by atoms with E-state index in [1.165, 1.54) is 0 Å². The largest absolute Gasteiger partial charge is 0.378 e. The van der Waals surface area contributed by atoms with Crippen LogP contribution in [0.1, 0.15) is 0 Å². The summed E-state index contributed by atoms with van der Waals surface area (Å²) >= 11 is 3.52. The Bertz CT molecular complexity index is 1320. The molecular formula is C24H19BrN4. The maximum atomic E-state index is 4.99. The summed E-state index contributed by atoms with van der Waals surface area (Å²) in [5, 5.41) is 7.12. The molecule has 142 valence electrons. The van der Waals surface area contributed by atoms with E-state index >= 15 is 0 Å². The Morgan fingerprint density at radius 2 is 1.62 bits per heavy atom. The van der Waals surface area contributed by atoms with Gasteiger partial charge in [0.2, 0.25) is 0 Å². The summed E-state index contributed by atoms with van der Waals surface area (Å²) in [4.78, 5) is 7.09. The highest BCUT2D eigenvalue weighted by molar-refractivity contribution is 9.10. The first-order chi connectivity index (χ1) is 14.1. The van der Waals surface area contributed by atoms with Crippen molar-refractivity contribution in [3.8, 4) is 16.9 Å². The summed E-state index contributed by atoms with van der Waals surface area (Å²) in [6.07, 6.45) is 0. The molecule has 2 heterocycles. The molecule has 0 N–H and O–H groups in total. The Labute approximate surface area is 177 Å². The molecule has 0 atom stereocenters. The summed E-state index contributed by atoms with van der Waals surface area (Å²) < 4.78 is 2.98. The van der Waals surface area contributed by atoms with Gasteiger partial charge in [0.25, 0.3) is 0 Å². The van der Waals surface area contributed by atoms with Gasteiger partial charge in [0.05, 0.1) is 11.2 Å². The van der Waals surface area contributed by atoms with Crippen LogP contribution in [-0.2, 0) is 0 Å². The fraction of sp³-hybridized carbons (Fsp3) is 0.0833. The van der Waals surface area contributed by atoms with E-state index in [0.717, 1.165) is 49.0 Å². The molecular weight excluding hydrogens is 424 g/mol. The third-order valence-corrected chi connectivity index (χ3v) is 5.60. The highest BCUT2D eigenvalue weighted by atomic mass is 79.9. The van der Waals surface area contributed by atoms with E-state index in [2.05, 4.69) is 69.4 Å². The zero-order valence-electron chi connectivity index (χ0n) is 16.2. The van der Waals surface area contributed by atoms with Crippen LogP contribution in [-0.4, -0.2) is 28.9 Å². The summed E-state index contributed by atoms with van der Waals surface area (Å²) in [5.74, 6) is 0. The Balaban J connectivity index is 1.83. The number of benzene rings is 3. The minimum atomic E-state index is 0.860. The second-order valence-corrected chi connectivity index (χ2v) is 8.15. The third-order valence-electron chi connectivity index (χ3n) is 5.07. The molecule has 4 nitrogen and oxygen atoms in total. The quantitative estimate of drug-likeness (QED) is 0.340. The van der Waals surface area contributed by atoms with Gasteiger partial charge in [-0.05, 0) is 48.5 Å².